The second-order valence-electron chi connectivity index (χ2n) is 0.741. The molecule has 6 heavy (non-hydrogen) atoms. The van der Waals surface area contributed by atoms with Crippen LogP contribution in [0.5, 0.6) is 0 Å². The van der Waals surface area contributed by atoms with Crippen LogP contribution in [-0.4, -0.2) is 11.3 Å². The van der Waals surface area contributed by atoms with Crippen molar-refractivity contribution in [3.63, 3.8) is 0 Å². The van der Waals surface area contributed by atoms with E-state index in [4.69, 9.17) is 5.11 Å². The Morgan fingerprint density at radius 2 is 1.50 bits per heavy atom. The van der Waals surface area contributed by atoms with Crippen molar-refractivity contribution >= 4 is 0 Å². The van der Waals surface area contributed by atoms with Crippen LogP contribution in [0, 0.1) is 0 Å². The van der Waals surface area contributed by atoms with E-state index < -0.39 is 6.23 Å². The molecule has 2 nitrogen and oxygen atoms in total. The largest absolute Gasteiger partial charge is 0.379 e. The number of nitrogens with two attached hydrogens (primary N) is 1. The molecule has 1 atom stereocenters. The maximum atomic E-state index is 7.83. The molecule has 2 heteroatoms. The monoisotopic (exact) mass is 91.1 g/mol. The summed E-state index contributed by atoms with van der Waals surface area (Å²) in [5, 5.41) is 7.83. The van der Waals surface area contributed by atoms with Crippen molar-refractivity contribution in [2.75, 3.05) is 0 Å². The smallest absolute Gasteiger partial charge is 0.0991 e. The fraction of sp³-hybridized carbons (Fsp3) is 1.00. The number of rotatable bonds is 0. The molecule has 0 aromatic heterocycles. The lowest BCUT2D eigenvalue weighted by Crippen LogP contribution is -2.11. The Hall–Kier alpha value is -0.0800. The second kappa shape index (κ2) is 8.87. The minimum atomic E-state index is -0.667. The highest BCUT2D eigenvalue weighted by molar-refractivity contribution is 4.16. The number of hydrogen-bond acceptors (Lipinski definition) is 2. The van der Waals surface area contributed by atoms with Gasteiger partial charge < -0.3 is 10.8 Å². The highest BCUT2D eigenvalue weighted by Gasteiger charge is 1.68. The van der Waals surface area contributed by atoms with Gasteiger partial charge in [0, 0.05) is 0 Å². The molecule has 0 saturated carbocycles. The van der Waals surface area contributed by atoms with Crippen molar-refractivity contribution in [3.8, 4) is 0 Å². The van der Waals surface area contributed by atoms with Gasteiger partial charge in [-0.1, -0.05) is 13.8 Å². The van der Waals surface area contributed by atoms with Crippen LogP contribution < -0.4 is 5.73 Å². The van der Waals surface area contributed by atoms with Crippen LogP contribution in [0.4, 0.5) is 0 Å². The second-order valence-corrected chi connectivity index (χ2v) is 0.741. The Morgan fingerprint density at radius 3 is 1.50 bits per heavy atom. The van der Waals surface area contributed by atoms with E-state index in [-0.39, 0.29) is 0 Å². The molecule has 0 saturated heterocycles. The molecule has 0 radical (unpaired) electrons. The molecule has 0 aliphatic rings. The van der Waals surface area contributed by atoms with E-state index in [0.29, 0.717) is 0 Å². The minimum absolute atomic E-state index is 0.667. The van der Waals surface area contributed by atoms with Crippen molar-refractivity contribution in [2.24, 2.45) is 5.73 Å². The molecule has 0 amide bonds. The first-order valence-electron chi connectivity index (χ1n) is 2.17. The van der Waals surface area contributed by atoms with Gasteiger partial charge >= 0.3 is 0 Å². The summed E-state index contributed by atoms with van der Waals surface area (Å²) in [5.41, 5.74) is 4.67. The van der Waals surface area contributed by atoms with Crippen molar-refractivity contribution < 1.29 is 5.11 Å². The summed E-state index contributed by atoms with van der Waals surface area (Å²) < 4.78 is 0. The number of aliphatic hydroxyl groups excluding tert-OH is 1. The lowest BCUT2D eigenvalue weighted by atomic mass is 10.7. The maximum Gasteiger partial charge on any atom is 0.0991 e. The first-order chi connectivity index (χ1) is 2.73. The molecule has 3 N–H and O–H groups in total. The van der Waals surface area contributed by atoms with Gasteiger partial charge in [-0.15, -0.1) is 0 Å². The van der Waals surface area contributed by atoms with Gasteiger partial charge in [-0.05, 0) is 6.92 Å². The zero-order valence-corrected chi connectivity index (χ0v) is 4.60. The molecule has 0 rings (SSSR count). The zero-order valence-electron chi connectivity index (χ0n) is 4.60. The molecule has 0 aromatic rings. The van der Waals surface area contributed by atoms with Gasteiger partial charge in [-0.2, -0.15) is 0 Å². The van der Waals surface area contributed by atoms with Crippen LogP contribution in [0.15, 0.2) is 0 Å². The third-order valence-electron chi connectivity index (χ3n) is 0. The highest BCUT2D eigenvalue weighted by atomic mass is 16.3. The first-order valence-corrected chi connectivity index (χ1v) is 2.17. The average Bonchev–Trinajstić information content (AvgIpc) is 1.41. The minimum Gasteiger partial charge on any atom is -0.379 e. The summed E-state index contributed by atoms with van der Waals surface area (Å²) in [6, 6.07) is 0. The van der Waals surface area contributed by atoms with E-state index in [9.17, 15) is 0 Å². The van der Waals surface area contributed by atoms with E-state index in [2.05, 4.69) is 5.73 Å². The molecule has 0 fully saturated rings. The topological polar surface area (TPSA) is 46.2 Å². The van der Waals surface area contributed by atoms with Crippen molar-refractivity contribution in [1.82, 2.24) is 0 Å². The van der Waals surface area contributed by atoms with Crippen molar-refractivity contribution in [3.05, 3.63) is 0 Å². The lowest BCUT2D eigenvalue weighted by molar-refractivity contribution is 0.203. The summed E-state index contributed by atoms with van der Waals surface area (Å²) in [5.74, 6) is 0. The van der Waals surface area contributed by atoms with Crippen LogP contribution in [0.3, 0.4) is 0 Å². The third kappa shape index (κ3) is 5220. The predicted octanol–water partition coefficient (Wildman–Crippen LogP) is 0.310. The molecule has 1 unspecified atom stereocenters. The summed E-state index contributed by atoms with van der Waals surface area (Å²) in [6.07, 6.45) is -0.667. The van der Waals surface area contributed by atoms with Crippen LogP contribution in [0.2, 0.25) is 0 Å². The van der Waals surface area contributed by atoms with Crippen LogP contribution in [-0.2, 0) is 0 Å². The Morgan fingerprint density at radius 1 is 1.50 bits per heavy atom. The summed E-state index contributed by atoms with van der Waals surface area (Å²) >= 11 is 0. The van der Waals surface area contributed by atoms with Crippen molar-refractivity contribution in [2.45, 2.75) is 27.0 Å². The van der Waals surface area contributed by atoms with Crippen LogP contribution >= 0.6 is 0 Å². The van der Waals surface area contributed by atoms with E-state index in [0.717, 1.165) is 0 Å². The summed E-state index contributed by atoms with van der Waals surface area (Å²) in [6.45, 7) is 5.50. The van der Waals surface area contributed by atoms with Gasteiger partial charge in [0.25, 0.3) is 0 Å². The van der Waals surface area contributed by atoms with Gasteiger partial charge in [-0.3, -0.25) is 0 Å². The Bertz CT molecular complexity index is 12.3. The van der Waals surface area contributed by atoms with Gasteiger partial charge in [0.05, 0.1) is 6.23 Å². The molecule has 0 spiro atoms. The van der Waals surface area contributed by atoms with Gasteiger partial charge in [-0.25, -0.2) is 0 Å². The predicted molar refractivity (Wildman–Crippen MR) is 27.2 cm³/mol. The van der Waals surface area contributed by atoms with Crippen LogP contribution in [0.25, 0.3) is 0 Å². The van der Waals surface area contributed by atoms with Gasteiger partial charge in [0.15, 0.2) is 0 Å². The molecule has 0 heterocycles. The SMILES string of the molecule is CC.CC(N)O. The van der Waals surface area contributed by atoms with E-state index in [1.165, 1.54) is 6.92 Å². The molecule has 0 bridgehead atoms. The van der Waals surface area contributed by atoms with Crippen LogP contribution in [0.1, 0.15) is 20.8 Å². The molecule has 0 aliphatic heterocycles. The molecular weight excluding hydrogens is 78.0 g/mol. The number of hydrogen-bond donors (Lipinski definition) is 2. The average molecular weight is 91.2 g/mol. The Kier molecular flexibility index (Phi) is 13.8. The zero-order chi connectivity index (χ0) is 5.58. The normalized spacial score (nSPS) is 11.5. The molecular formula is C4H13NO. The molecule has 0 aromatic carbocycles. The Balaban J connectivity index is 0. The van der Waals surface area contributed by atoms with Gasteiger partial charge in [0.2, 0.25) is 0 Å². The number of aliphatic hydroxyl groups is 1. The maximum absolute atomic E-state index is 7.83. The summed E-state index contributed by atoms with van der Waals surface area (Å²) in [7, 11) is 0. The standard InChI is InChI=1S/C2H7NO.C2H6/c1-2(3)4;1-2/h2,4H,3H2,1H3;1-2H3. The van der Waals surface area contributed by atoms with Crippen molar-refractivity contribution in [1.29, 1.82) is 0 Å². The van der Waals surface area contributed by atoms with Gasteiger partial charge in [0.1, 0.15) is 0 Å². The fourth-order valence-corrected chi connectivity index (χ4v) is 0. The molecule has 0 aliphatic carbocycles. The first kappa shape index (κ1) is 9.33. The quantitative estimate of drug-likeness (QED) is 0.421. The highest BCUT2D eigenvalue weighted by Crippen LogP contribution is 1.50. The Labute approximate surface area is 39.0 Å². The van der Waals surface area contributed by atoms with E-state index >= 15 is 0 Å². The van der Waals surface area contributed by atoms with E-state index in [1.807, 2.05) is 13.8 Å². The van der Waals surface area contributed by atoms with E-state index in [1.54, 1.807) is 0 Å². The third-order valence-corrected chi connectivity index (χ3v) is 0. The molecule has 40 valence electrons. The fourth-order valence-electron chi connectivity index (χ4n) is 0. The lowest BCUT2D eigenvalue weighted by Gasteiger charge is -1.82. The summed E-state index contributed by atoms with van der Waals surface area (Å²) in [4.78, 5) is 0.